The van der Waals surface area contributed by atoms with Gasteiger partial charge in [0.2, 0.25) is 0 Å². The van der Waals surface area contributed by atoms with E-state index in [0.29, 0.717) is 0 Å². The molecular weight excluding hydrogens is 201 g/mol. The first-order valence-electron chi connectivity index (χ1n) is 4.01. The van der Waals surface area contributed by atoms with E-state index in [-0.39, 0.29) is 11.5 Å². The van der Waals surface area contributed by atoms with E-state index in [1.165, 1.54) is 18.2 Å². The van der Waals surface area contributed by atoms with E-state index in [9.17, 15) is 9.50 Å². The Hall–Kier alpha value is -2.31. The molecule has 1 aromatic carbocycles. The van der Waals surface area contributed by atoms with E-state index < -0.39 is 11.7 Å². The molecule has 2 aromatic rings. The number of aromatic nitrogens is 4. The number of hydrogen-bond acceptors (Lipinski definition) is 5. The number of nitrogens with one attached hydrogen (secondary N) is 1. The number of aromatic amines is 1. The second-order valence-electron chi connectivity index (χ2n) is 2.61. The maximum Gasteiger partial charge on any atom is 0.288 e. The minimum absolute atomic E-state index is 0.122. The van der Waals surface area contributed by atoms with Gasteiger partial charge in [-0.15, -0.1) is 5.10 Å². The predicted octanol–water partition coefficient (Wildman–Crippen LogP) is -0.223. The van der Waals surface area contributed by atoms with Gasteiger partial charge < -0.3 is 5.11 Å². The number of aliphatic imine (C=N–C) groups is 1. The molecule has 6 nitrogen and oxygen atoms in total. The molecule has 0 saturated heterocycles. The van der Waals surface area contributed by atoms with Gasteiger partial charge in [0.15, 0.2) is 0 Å². The Morgan fingerprint density at radius 1 is 1.40 bits per heavy atom. The van der Waals surface area contributed by atoms with Gasteiger partial charge in [0.25, 0.3) is 5.95 Å². The smallest absolute Gasteiger partial charge is 0.288 e. The minimum Gasteiger partial charge on any atom is -0.858 e. The van der Waals surface area contributed by atoms with Crippen LogP contribution < -0.4 is 5.11 Å². The van der Waals surface area contributed by atoms with E-state index in [2.05, 4.69) is 25.6 Å². The van der Waals surface area contributed by atoms with E-state index >= 15 is 0 Å². The Balaban J connectivity index is 2.36. The third-order valence-corrected chi connectivity index (χ3v) is 1.64. The van der Waals surface area contributed by atoms with Crippen LogP contribution in [0.4, 0.5) is 10.3 Å². The molecule has 1 heterocycles. The van der Waals surface area contributed by atoms with Crippen LogP contribution in [0.2, 0.25) is 0 Å². The van der Waals surface area contributed by atoms with Gasteiger partial charge in [-0.1, -0.05) is 23.3 Å². The van der Waals surface area contributed by atoms with Crippen molar-refractivity contribution in [3.63, 3.8) is 0 Å². The van der Waals surface area contributed by atoms with Crippen molar-refractivity contribution in [2.24, 2.45) is 4.99 Å². The van der Waals surface area contributed by atoms with Crippen molar-refractivity contribution < 1.29 is 9.50 Å². The number of hydrogen-bond donors (Lipinski definition) is 1. The van der Waals surface area contributed by atoms with Crippen LogP contribution in [0.5, 0.6) is 0 Å². The molecule has 0 atom stereocenters. The molecule has 0 radical (unpaired) electrons. The lowest BCUT2D eigenvalue weighted by molar-refractivity contribution is -0.212. The minimum atomic E-state index is -0.741. The molecule has 1 aromatic heterocycles. The number of benzene rings is 1. The molecule has 0 spiro atoms. The van der Waals surface area contributed by atoms with Gasteiger partial charge >= 0.3 is 0 Å². The van der Waals surface area contributed by atoms with Crippen LogP contribution in [0.25, 0.3) is 0 Å². The highest BCUT2D eigenvalue weighted by Gasteiger charge is 2.01. The van der Waals surface area contributed by atoms with Gasteiger partial charge in [-0.25, -0.2) is 9.38 Å². The molecule has 0 aliphatic rings. The van der Waals surface area contributed by atoms with Gasteiger partial charge in [0.1, 0.15) is 5.82 Å². The summed E-state index contributed by atoms with van der Waals surface area (Å²) in [6.45, 7) is 0. The summed E-state index contributed by atoms with van der Waals surface area (Å²) in [5, 5.41) is 23.7. The van der Waals surface area contributed by atoms with Gasteiger partial charge in [0, 0.05) is 11.5 Å². The van der Waals surface area contributed by atoms with Crippen molar-refractivity contribution >= 4 is 11.8 Å². The molecule has 0 amide bonds. The summed E-state index contributed by atoms with van der Waals surface area (Å²) in [7, 11) is 0. The Morgan fingerprint density at radius 2 is 2.20 bits per heavy atom. The highest BCUT2D eigenvalue weighted by Crippen LogP contribution is 2.07. The summed E-state index contributed by atoms with van der Waals surface area (Å²) >= 11 is 0. The number of nitrogens with zero attached hydrogens (tertiary/aromatic N) is 4. The van der Waals surface area contributed by atoms with Gasteiger partial charge in [-0.2, -0.15) is 5.21 Å². The lowest BCUT2D eigenvalue weighted by Gasteiger charge is -2.09. The Morgan fingerprint density at radius 3 is 2.87 bits per heavy atom. The number of H-pyrrole nitrogens is 1. The van der Waals surface area contributed by atoms with Crippen LogP contribution in [0, 0.1) is 5.82 Å². The zero-order valence-electron chi connectivity index (χ0n) is 7.38. The quantitative estimate of drug-likeness (QED) is 0.543. The molecule has 0 bridgehead atoms. The van der Waals surface area contributed by atoms with E-state index in [4.69, 9.17) is 0 Å². The van der Waals surface area contributed by atoms with Gasteiger partial charge in [0.05, 0.1) is 0 Å². The summed E-state index contributed by atoms with van der Waals surface area (Å²) in [6, 6.07) is 5.54. The third-order valence-electron chi connectivity index (χ3n) is 1.64. The summed E-state index contributed by atoms with van der Waals surface area (Å²) in [5.41, 5.74) is -0.123. The molecule has 15 heavy (non-hydrogen) atoms. The van der Waals surface area contributed by atoms with Crippen molar-refractivity contribution in [1.82, 2.24) is 20.6 Å². The number of halogens is 1. The molecule has 76 valence electrons. The first-order chi connectivity index (χ1) is 7.27. The first kappa shape index (κ1) is 9.25. The maximum absolute atomic E-state index is 13.1. The number of tetrazole rings is 1. The molecule has 0 fully saturated rings. The molecule has 0 saturated carbocycles. The molecule has 7 heteroatoms. The van der Waals surface area contributed by atoms with Crippen LogP contribution in [-0.2, 0) is 0 Å². The van der Waals surface area contributed by atoms with E-state index in [1.54, 1.807) is 6.07 Å². The Bertz CT molecular complexity index is 482. The fourth-order valence-corrected chi connectivity index (χ4v) is 0.990. The van der Waals surface area contributed by atoms with Crippen LogP contribution in [0.1, 0.15) is 5.56 Å². The van der Waals surface area contributed by atoms with Crippen LogP contribution in [-0.4, -0.2) is 26.5 Å². The molecule has 0 aliphatic heterocycles. The van der Waals surface area contributed by atoms with Crippen molar-refractivity contribution in [3.05, 3.63) is 35.6 Å². The fraction of sp³-hybridized carbons (Fsp3) is 0. The second-order valence-corrected chi connectivity index (χ2v) is 2.61. The summed E-state index contributed by atoms with van der Waals surface area (Å²) in [6.07, 6.45) is 0. The number of rotatable bonds is 2. The van der Waals surface area contributed by atoms with Crippen molar-refractivity contribution in [2.45, 2.75) is 0 Å². The van der Waals surface area contributed by atoms with E-state index in [0.717, 1.165) is 0 Å². The van der Waals surface area contributed by atoms with Gasteiger partial charge in [-0.3, -0.25) is 0 Å². The molecule has 0 aliphatic carbocycles. The monoisotopic (exact) mass is 206 g/mol. The second kappa shape index (κ2) is 3.82. The summed E-state index contributed by atoms with van der Waals surface area (Å²) in [5.74, 6) is -1.49. The fourth-order valence-electron chi connectivity index (χ4n) is 0.990. The highest BCUT2D eigenvalue weighted by molar-refractivity contribution is 5.92. The van der Waals surface area contributed by atoms with Crippen LogP contribution >= 0.6 is 0 Å². The molecule has 0 unspecified atom stereocenters. The van der Waals surface area contributed by atoms with Crippen LogP contribution in [0.3, 0.4) is 0 Å². The topological polar surface area (TPSA) is 89.9 Å². The standard InChI is InChI=1S/C8H6FN5O/c9-6-4-2-1-3-5(6)7(15)10-8-11-13-14-12-8/h1-4H,(H2,10,11,12,13,14,15)/p-1. The third kappa shape index (κ3) is 1.96. The lowest BCUT2D eigenvalue weighted by atomic mass is 10.2. The molecule has 2 rings (SSSR count). The van der Waals surface area contributed by atoms with Crippen molar-refractivity contribution in [2.75, 3.05) is 0 Å². The molecular formula is C8H5FN5O-. The first-order valence-corrected chi connectivity index (χ1v) is 4.01. The lowest BCUT2D eigenvalue weighted by Crippen LogP contribution is -2.19. The van der Waals surface area contributed by atoms with Crippen molar-refractivity contribution in [3.8, 4) is 0 Å². The largest absolute Gasteiger partial charge is 0.858 e. The predicted molar refractivity (Wildman–Crippen MR) is 46.8 cm³/mol. The SMILES string of the molecule is [O-]C(=Nc1nn[nH]n1)c1ccccc1F. The average Bonchev–Trinajstić information content (AvgIpc) is 2.71. The zero-order chi connectivity index (χ0) is 10.7. The van der Waals surface area contributed by atoms with Gasteiger partial charge in [-0.05, 0) is 11.3 Å². The summed E-state index contributed by atoms with van der Waals surface area (Å²) in [4.78, 5) is 3.46. The Kier molecular flexibility index (Phi) is 2.36. The molecule has 1 N–H and O–H groups in total. The average molecular weight is 206 g/mol. The summed E-state index contributed by atoms with van der Waals surface area (Å²) < 4.78 is 13.1. The highest BCUT2D eigenvalue weighted by atomic mass is 19.1. The van der Waals surface area contributed by atoms with Crippen molar-refractivity contribution in [1.29, 1.82) is 0 Å². The zero-order valence-corrected chi connectivity index (χ0v) is 7.38. The normalized spacial score (nSPS) is 11.7. The van der Waals surface area contributed by atoms with Crippen LogP contribution in [0.15, 0.2) is 29.3 Å². The van der Waals surface area contributed by atoms with E-state index in [1.807, 2.05) is 0 Å². The maximum atomic E-state index is 13.1. The Labute approximate surface area is 83.5 Å².